The van der Waals surface area contributed by atoms with Crippen LogP contribution >= 0.6 is 0 Å². The van der Waals surface area contributed by atoms with Crippen molar-refractivity contribution in [1.82, 2.24) is 24.9 Å². The topological polar surface area (TPSA) is 103 Å². The molecule has 3 aromatic heterocycles. The number of anilines is 3. The van der Waals surface area contributed by atoms with Gasteiger partial charge in [0.1, 0.15) is 30.3 Å². The minimum atomic E-state index is 0.405. The lowest BCUT2D eigenvalue weighted by Crippen LogP contribution is -2.30. The molecule has 1 aliphatic rings. The molecule has 0 amide bonds. The van der Waals surface area contributed by atoms with Gasteiger partial charge in [0.15, 0.2) is 17.4 Å². The first kappa shape index (κ1) is 14.3. The van der Waals surface area contributed by atoms with Crippen LogP contribution in [0.5, 0.6) is 5.75 Å². The summed E-state index contributed by atoms with van der Waals surface area (Å²) in [5.41, 5.74) is 7.39. The molecule has 0 unspecified atom stereocenters. The number of fused-ring (bicyclic) bond motifs is 1. The molecule has 0 saturated carbocycles. The summed E-state index contributed by atoms with van der Waals surface area (Å²) in [5.74, 6) is 2.87. The van der Waals surface area contributed by atoms with Crippen molar-refractivity contribution < 1.29 is 4.74 Å². The first-order chi connectivity index (χ1) is 11.7. The zero-order valence-electron chi connectivity index (χ0n) is 13.0. The summed E-state index contributed by atoms with van der Waals surface area (Å²) >= 11 is 0. The highest BCUT2D eigenvalue weighted by molar-refractivity contribution is 5.67. The molecular weight excluding hydrogens is 306 g/mol. The molecule has 24 heavy (non-hydrogen) atoms. The third-order valence-electron chi connectivity index (χ3n) is 3.63. The molecule has 0 spiro atoms. The van der Waals surface area contributed by atoms with E-state index in [-0.39, 0.29) is 0 Å². The van der Waals surface area contributed by atoms with Crippen LogP contribution in [-0.4, -0.2) is 38.1 Å². The van der Waals surface area contributed by atoms with Gasteiger partial charge in [0.25, 0.3) is 0 Å². The van der Waals surface area contributed by atoms with Gasteiger partial charge in [0.2, 0.25) is 0 Å². The van der Waals surface area contributed by atoms with Crippen LogP contribution in [0.3, 0.4) is 0 Å². The predicted octanol–water partition coefficient (Wildman–Crippen LogP) is 1.75. The maximum atomic E-state index is 5.77. The number of nitrogen functional groups attached to an aromatic ring is 1. The predicted molar refractivity (Wildman–Crippen MR) is 88.9 cm³/mol. The van der Waals surface area contributed by atoms with Crippen LogP contribution in [0.25, 0.3) is 11.5 Å². The van der Waals surface area contributed by atoms with Crippen molar-refractivity contribution in [2.45, 2.75) is 6.92 Å². The van der Waals surface area contributed by atoms with Gasteiger partial charge >= 0.3 is 0 Å². The molecule has 1 aliphatic heterocycles. The van der Waals surface area contributed by atoms with Crippen molar-refractivity contribution in [2.75, 3.05) is 23.8 Å². The van der Waals surface area contributed by atoms with Gasteiger partial charge in [0.05, 0.1) is 12.7 Å². The average Bonchev–Trinajstić information content (AvgIpc) is 2.61. The van der Waals surface area contributed by atoms with Crippen LogP contribution in [0.2, 0.25) is 0 Å². The molecule has 2 N–H and O–H groups in total. The van der Waals surface area contributed by atoms with Crippen molar-refractivity contribution in [3.63, 3.8) is 0 Å². The van der Waals surface area contributed by atoms with Crippen LogP contribution in [0.1, 0.15) is 5.69 Å². The molecule has 8 heteroatoms. The van der Waals surface area contributed by atoms with Crippen molar-refractivity contribution in [3.8, 4) is 17.3 Å². The molecule has 3 aromatic rings. The molecule has 8 nitrogen and oxygen atoms in total. The highest BCUT2D eigenvalue weighted by atomic mass is 16.5. The Hall–Kier alpha value is -3.29. The standard InChI is InChI=1S/C16H15N7O/c1-10-3-2-4-11(21-10)15-18-8-12-16(22-15)23(5-6-24-12)14-7-13(17)19-9-20-14/h2-4,7-9H,5-6H2,1H3,(H2,17,19,20). The summed E-state index contributed by atoms with van der Waals surface area (Å²) in [6, 6.07) is 7.45. The summed E-state index contributed by atoms with van der Waals surface area (Å²) in [5, 5.41) is 0. The molecule has 120 valence electrons. The maximum Gasteiger partial charge on any atom is 0.181 e. The van der Waals surface area contributed by atoms with Gasteiger partial charge in [-0.2, -0.15) is 0 Å². The van der Waals surface area contributed by atoms with Gasteiger partial charge in [-0.15, -0.1) is 0 Å². The molecule has 0 saturated heterocycles. The lowest BCUT2D eigenvalue weighted by molar-refractivity contribution is 0.310. The Bertz CT molecular complexity index is 899. The lowest BCUT2D eigenvalue weighted by Gasteiger charge is -2.29. The van der Waals surface area contributed by atoms with Crippen molar-refractivity contribution in [2.24, 2.45) is 0 Å². The summed E-state index contributed by atoms with van der Waals surface area (Å²) in [7, 11) is 0. The third kappa shape index (κ3) is 2.58. The number of pyridine rings is 1. The number of nitrogens with zero attached hydrogens (tertiary/aromatic N) is 6. The Labute approximate surface area is 138 Å². The number of nitrogens with two attached hydrogens (primary N) is 1. The fourth-order valence-corrected chi connectivity index (χ4v) is 2.53. The average molecular weight is 321 g/mol. The molecule has 4 rings (SSSR count). The fraction of sp³-hybridized carbons (Fsp3) is 0.188. The number of ether oxygens (including phenoxy) is 1. The van der Waals surface area contributed by atoms with Crippen LogP contribution in [-0.2, 0) is 0 Å². The number of aromatic nitrogens is 5. The first-order valence-electron chi connectivity index (χ1n) is 7.49. The highest BCUT2D eigenvalue weighted by Gasteiger charge is 2.24. The summed E-state index contributed by atoms with van der Waals surface area (Å²) in [6.45, 7) is 3.06. The van der Waals surface area contributed by atoms with Crippen LogP contribution in [0, 0.1) is 6.92 Å². The van der Waals surface area contributed by atoms with Gasteiger partial charge in [-0.1, -0.05) is 6.07 Å². The second kappa shape index (κ2) is 5.73. The smallest absolute Gasteiger partial charge is 0.181 e. The molecule has 4 heterocycles. The van der Waals surface area contributed by atoms with E-state index in [1.165, 1.54) is 6.33 Å². The van der Waals surface area contributed by atoms with Gasteiger partial charge < -0.3 is 15.4 Å². The Morgan fingerprint density at radius 2 is 2.08 bits per heavy atom. The Kier molecular flexibility index (Phi) is 3.42. The third-order valence-corrected chi connectivity index (χ3v) is 3.63. The molecule has 0 fully saturated rings. The van der Waals surface area contributed by atoms with Gasteiger partial charge in [-0.05, 0) is 19.1 Å². The van der Waals surface area contributed by atoms with E-state index in [0.717, 1.165) is 5.69 Å². The summed E-state index contributed by atoms with van der Waals surface area (Å²) < 4.78 is 5.66. The number of hydrogen-bond donors (Lipinski definition) is 1. The number of rotatable bonds is 2. The zero-order chi connectivity index (χ0) is 16.5. The summed E-state index contributed by atoms with van der Waals surface area (Å²) in [4.78, 5) is 23.6. The van der Waals surface area contributed by atoms with Crippen molar-refractivity contribution in [3.05, 3.63) is 42.5 Å². The highest BCUT2D eigenvalue weighted by Crippen LogP contribution is 2.34. The molecule has 0 aromatic carbocycles. The van der Waals surface area contributed by atoms with Crippen molar-refractivity contribution in [1.29, 1.82) is 0 Å². The Morgan fingerprint density at radius 1 is 1.17 bits per heavy atom. The Morgan fingerprint density at radius 3 is 2.92 bits per heavy atom. The molecule has 0 atom stereocenters. The normalized spacial score (nSPS) is 13.3. The minimum absolute atomic E-state index is 0.405. The maximum absolute atomic E-state index is 5.77. The monoisotopic (exact) mass is 321 g/mol. The molecule has 0 radical (unpaired) electrons. The van der Waals surface area contributed by atoms with Crippen molar-refractivity contribution >= 4 is 17.5 Å². The van der Waals surface area contributed by atoms with E-state index >= 15 is 0 Å². The van der Waals surface area contributed by atoms with Crippen LogP contribution in [0.15, 0.2) is 36.8 Å². The molecule has 0 aliphatic carbocycles. The summed E-state index contributed by atoms with van der Waals surface area (Å²) in [6.07, 6.45) is 3.10. The SMILES string of the molecule is Cc1cccc(-c2ncc3c(n2)N(c2cc(N)ncn2)CCO3)n1. The van der Waals surface area contributed by atoms with E-state index in [4.69, 9.17) is 10.5 Å². The van der Waals surface area contributed by atoms with Gasteiger partial charge in [0, 0.05) is 11.8 Å². The van der Waals surface area contributed by atoms with E-state index in [1.807, 2.05) is 30.0 Å². The lowest BCUT2D eigenvalue weighted by atomic mass is 10.3. The molecular formula is C16H15N7O. The second-order valence-corrected chi connectivity index (χ2v) is 5.35. The minimum Gasteiger partial charge on any atom is -0.486 e. The Balaban J connectivity index is 1.80. The first-order valence-corrected chi connectivity index (χ1v) is 7.49. The van der Waals surface area contributed by atoms with E-state index in [9.17, 15) is 0 Å². The van der Waals surface area contributed by atoms with Crippen LogP contribution in [0.4, 0.5) is 17.5 Å². The molecule has 0 bridgehead atoms. The van der Waals surface area contributed by atoms with Gasteiger partial charge in [-0.3, -0.25) is 0 Å². The second-order valence-electron chi connectivity index (χ2n) is 5.35. The fourth-order valence-electron chi connectivity index (χ4n) is 2.53. The van der Waals surface area contributed by atoms with E-state index in [1.54, 1.807) is 12.3 Å². The quantitative estimate of drug-likeness (QED) is 0.761. The van der Waals surface area contributed by atoms with E-state index < -0.39 is 0 Å². The van der Waals surface area contributed by atoms with Crippen LogP contribution < -0.4 is 15.4 Å². The largest absolute Gasteiger partial charge is 0.486 e. The van der Waals surface area contributed by atoms with E-state index in [2.05, 4.69) is 24.9 Å². The van der Waals surface area contributed by atoms with Gasteiger partial charge in [-0.25, -0.2) is 24.9 Å². The number of aryl methyl sites for hydroxylation is 1. The zero-order valence-corrected chi connectivity index (χ0v) is 13.0. The number of hydrogen-bond acceptors (Lipinski definition) is 8. The van der Waals surface area contributed by atoms with E-state index in [0.29, 0.717) is 47.9 Å².